The Morgan fingerprint density at radius 2 is 2.38 bits per heavy atom. The number of hydrogen-bond acceptors (Lipinski definition) is 3. The van der Waals surface area contributed by atoms with Crippen LogP contribution < -0.4 is 5.32 Å². The van der Waals surface area contributed by atoms with Gasteiger partial charge in [-0.2, -0.15) is 0 Å². The van der Waals surface area contributed by atoms with Crippen molar-refractivity contribution in [1.82, 2.24) is 4.98 Å². The van der Waals surface area contributed by atoms with E-state index in [1.165, 1.54) is 0 Å². The van der Waals surface area contributed by atoms with Crippen LogP contribution in [0.25, 0.3) is 0 Å². The highest BCUT2D eigenvalue weighted by molar-refractivity contribution is 5.75. The van der Waals surface area contributed by atoms with Gasteiger partial charge < -0.3 is 5.32 Å². The smallest absolute Gasteiger partial charge is 0.150 e. The number of rotatable bonds is 4. The molecule has 13 heavy (non-hydrogen) atoms. The number of anilines is 1. The number of carbonyl (C=O) groups excluding carboxylic acids is 1. The second-order valence-corrected chi connectivity index (χ2v) is 3.37. The van der Waals surface area contributed by atoms with Gasteiger partial charge in [0.1, 0.15) is 12.1 Å². The Morgan fingerprint density at radius 3 is 3.00 bits per heavy atom. The monoisotopic (exact) mass is 178 g/mol. The SMILES string of the molecule is CC(C)CNc1cc(C=O)ccn1. The van der Waals surface area contributed by atoms with Crippen molar-refractivity contribution in [3.63, 3.8) is 0 Å². The van der Waals surface area contributed by atoms with Crippen LogP contribution in [0.15, 0.2) is 18.3 Å². The number of nitrogens with one attached hydrogen (secondary N) is 1. The molecule has 0 amide bonds. The molecule has 0 unspecified atom stereocenters. The minimum Gasteiger partial charge on any atom is -0.370 e. The number of hydrogen-bond donors (Lipinski definition) is 1. The summed E-state index contributed by atoms with van der Waals surface area (Å²) in [5.41, 5.74) is 0.654. The molecule has 0 atom stereocenters. The minimum atomic E-state index is 0.571. The van der Waals surface area contributed by atoms with Crippen LogP contribution in [0.3, 0.4) is 0 Å². The molecule has 0 aliphatic carbocycles. The molecule has 70 valence electrons. The van der Waals surface area contributed by atoms with E-state index >= 15 is 0 Å². The molecule has 0 aliphatic rings. The average molecular weight is 178 g/mol. The lowest BCUT2D eigenvalue weighted by atomic mass is 10.2. The lowest BCUT2D eigenvalue weighted by Gasteiger charge is -2.07. The lowest BCUT2D eigenvalue weighted by Crippen LogP contribution is -2.09. The van der Waals surface area contributed by atoms with Crippen molar-refractivity contribution in [2.75, 3.05) is 11.9 Å². The highest BCUT2D eigenvalue weighted by atomic mass is 16.1. The normalized spacial score (nSPS) is 10.1. The van der Waals surface area contributed by atoms with Crippen molar-refractivity contribution in [2.24, 2.45) is 5.92 Å². The van der Waals surface area contributed by atoms with E-state index < -0.39 is 0 Å². The number of nitrogens with zero attached hydrogens (tertiary/aromatic N) is 1. The summed E-state index contributed by atoms with van der Waals surface area (Å²) in [7, 11) is 0. The zero-order valence-electron chi connectivity index (χ0n) is 7.95. The summed E-state index contributed by atoms with van der Waals surface area (Å²) in [4.78, 5) is 14.5. The standard InChI is InChI=1S/C10H14N2O/c1-8(2)6-12-10-5-9(7-13)3-4-11-10/h3-5,7-8H,6H2,1-2H3,(H,11,12). The summed E-state index contributed by atoms with van der Waals surface area (Å²) in [5, 5.41) is 3.15. The van der Waals surface area contributed by atoms with E-state index in [0.29, 0.717) is 11.5 Å². The van der Waals surface area contributed by atoms with Gasteiger partial charge in [-0.25, -0.2) is 4.98 Å². The van der Waals surface area contributed by atoms with Crippen LogP contribution >= 0.6 is 0 Å². The fraction of sp³-hybridized carbons (Fsp3) is 0.400. The van der Waals surface area contributed by atoms with E-state index in [4.69, 9.17) is 0 Å². The predicted molar refractivity (Wildman–Crippen MR) is 53.0 cm³/mol. The molecular weight excluding hydrogens is 164 g/mol. The first-order valence-corrected chi connectivity index (χ1v) is 4.37. The molecule has 3 heteroatoms. The second kappa shape index (κ2) is 4.60. The van der Waals surface area contributed by atoms with Gasteiger partial charge in [0.2, 0.25) is 0 Å². The van der Waals surface area contributed by atoms with Gasteiger partial charge in [0.05, 0.1) is 0 Å². The molecule has 1 N–H and O–H groups in total. The number of carbonyl (C=O) groups is 1. The molecule has 1 rings (SSSR count). The van der Waals surface area contributed by atoms with Gasteiger partial charge in [0, 0.05) is 18.3 Å². The molecule has 0 aliphatic heterocycles. The highest BCUT2D eigenvalue weighted by Gasteiger charge is 1.97. The Balaban J connectivity index is 2.61. The number of pyridine rings is 1. The topological polar surface area (TPSA) is 42.0 Å². The summed E-state index contributed by atoms with van der Waals surface area (Å²) in [5.74, 6) is 1.33. The Bertz CT molecular complexity index is 284. The van der Waals surface area contributed by atoms with Crippen molar-refractivity contribution in [3.05, 3.63) is 23.9 Å². The van der Waals surface area contributed by atoms with Gasteiger partial charge in [0.25, 0.3) is 0 Å². The van der Waals surface area contributed by atoms with Crippen molar-refractivity contribution in [1.29, 1.82) is 0 Å². The summed E-state index contributed by atoms with van der Waals surface area (Å²) in [6, 6.07) is 3.43. The molecule has 1 heterocycles. The molecule has 0 fully saturated rings. The molecular formula is C10H14N2O. The maximum atomic E-state index is 10.4. The quantitative estimate of drug-likeness (QED) is 0.716. The fourth-order valence-electron chi connectivity index (χ4n) is 0.926. The predicted octanol–water partition coefficient (Wildman–Crippen LogP) is 1.96. The van der Waals surface area contributed by atoms with Crippen LogP contribution in [-0.4, -0.2) is 17.8 Å². The first-order chi connectivity index (χ1) is 6.22. The van der Waals surface area contributed by atoms with Gasteiger partial charge in [-0.1, -0.05) is 13.8 Å². The van der Waals surface area contributed by atoms with Gasteiger partial charge in [-0.15, -0.1) is 0 Å². The first-order valence-electron chi connectivity index (χ1n) is 4.37. The summed E-state index contributed by atoms with van der Waals surface area (Å²) < 4.78 is 0. The number of aldehydes is 1. The Hall–Kier alpha value is -1.38. The van der Waals surface area contributed by atoms with Gasteiger partial charge in [-0.3, -0.25) is 4.79 Å². The highest BCUT2D eigenvalue weighted by Crippen LogP contribution is 2.05. The van der Waals surface area contributed by atoms with E-state index in [0.717, 1.165) is 18.6 Å². The molecule has 0 bridgehead atoms. The average Bonchev–Trinajstić information content (AvgIpc) is 2.15. The molecule has 0 spiro atoms. The Morgan fingerprint density at radius 1 is 1.62 bits per heavy atom. The van der Waals surface area contributed by atoms with Crippen molar-refractivity contribution in [2.45, 2.75) is 13.8 Å². The second-order valence-electron chi connectivity index (χ2n) is 3.37. The molecule has 0 radical (unpaired) electrons. The van der Waals surface area contributed by atoms with E-state index in [9.17, 15) is 4.79 Å². The number of aromatic nitrogens is 1. The van der Waals surface area contributed by atoms with Crippen LogP contribution in [0, 0.1) is 5.92 Å². The van der Waals surface area contributed by atoms with E-state index in [-0.39, 0.29) is 0 Å². The largest absolute Gasteiger partial charge is 0.370 e. The van der Waals surface area contributed by atoms with Crippen LogP contribution in [-0.2, 0) is 0 Å². The first kappa shape index (κ1) is 9.71. The van der Waals surface area contributed by atoms with Gasteiger partial charge in [-0.05, 0) is 18.1 Å². The van der Waals surface area contributed by atoms with E-state index in [2.05, 4.69) is 24.1 Å². The maximum Gasteiger partial charge on any atom is 0.150 e. The Kier molecular flexibility index (Phi) is 3.43. The molecule has 0 aromatic carbocycles. The summed E-state index contributed by atoms with van der Waals surface area (Å²) in [6.07, 6.45) is 2.45. The van der Waals surface area contributed by atoms with Crippen LogP contribution in [0.4, 0.5) is 5.82 Å². The third kappa shape index (κ3) is 3.23. The van der Waals surface area contributed by atoms with Crippen LogP contribution in [0.2, 0.25) is 0 Å². The van der Waals surface area contributed by atoms with Crippen molar-refractivity contribution < 1.29 is 4.79 Å². The fourth-order valence-corrected chi connectivity index (χ4v) is 0.926. The molecule has 0 saturated heterocycles. The van der Waals surface area contributed by atoms with Crippen molar-refractivity contribution in [3.8, 4) is 0 Å². The third-order valence-electron chi connectivity index (χ3n) is 1.61. The lowest BCUT2D eigenvalue weighted by molar-refractivity contribution is 0.112. The van der Waals surface area contributed by atoms with Crippen molar-refractivity contribution >= 4 is 12.1 Å². The van der Waals surface area contributed by atoms with E-state index in [1.54, 1.807) is 18.3 Å². The van der Waals surface area contributed by atoms with Crippen LogP contribution in [0.5, 0.6) is 0 Å². The van der Waals surface area contributed by atoms with Gasteiger partial charge >= 0.3 is 0 Å². The maximum absolute atomic E-state index is 10.4. The Labute approximate surface area is 78.2 Å². The summed E-state index contributed by atoms with van der Waals surface area (Å²) in [6.45, 7) is 5.11. The summed E-state index contributed by atoms with van der Waals surface area (Å²) >= 11 is 0. The third-order valence-corrected chi connectivity index (χ3v) is 1.61. The van der Waals surface area contributed by atoms with E-state index in [1.807, 2.05) is 0 Å². The molecule has 0 saturated carbocycles. The molecule has 3 nitrogen and oxygen atoms in total. The molecule has 1 aromatic heterocycles. The molecule has 1 aromatic rings. The minimum absolute atomic E-state index is 0.571. The van der Waals surface area contributed by atoms with Crippen LogP contribution in [0.1, 0.15) is 24.2 Å². The zero-order valence-corrected chi connectivity index (χ0v) is 7.95. The zero-order chi connectivity index (χ0) is 9.68. The van der Waals surface area contributed by atoms with Gasteiger partial charge in [0.15, 0.2) is 0 Å².